The molecule has 6 nitrogen and oxygen atoms in total. The first-order valence-corrected chi connectivity index (χ1v) is 12.8. The average Bonchev–Trinajstić information content (AvgIpc) is 2.80. The summed E-state index contributed by atoms with van der Waals surface area (Å²) in [4.78, 5) is 13.8. The third-order valence-corrected chi connectivity index (χ3v) is 7.86. The maximum atomic E-state index is 13.9. The molecule has 1 aliphatic rings. The predicted octanol–water partition coefficient (Wildman–Crippen LogP) is 5.29. The maximum absolute atomic E-state index is 13.9. The summed E-state index contributed by atoms with van der Waals surface area (Å²) in [5.74, 6) is 0.457. The lowest BCUT2D eigenvalue weighted by Gasteiger charge is -2.44. The number of nitrogen functional groups attached to an aromatic ring is 1. The van der Waals surface area contributed by atoms with Gasteiger partial charge < -0.3 is 16.0 Å². The number of nitrogens with one attached hydrogen (secondary N) is 1. The molecule has 3 aromatic rings. The van der Waals surface area contributed by atoms with Crippen molar-refractivity contribution in [3.8, 4) is 0 Å². The third-order valence-electron chi connectivity index (χ3n) is 7.04. The Hall–Kier alpha value is -2.04. The second-order valence-corrected chi connectivity index (χ2v) is 10.2. The van der Waals surface area contributed by atoms with Crippen LogP contribution in [0.1, 0.15) is 37.8 Å². The van der Waals surface area contributed by atoms with Crippen LogP contribution >= 0.6 is 22.6 Å². The molecular formula is C25H32FIN6. The van der Waals surface area contributed by atoms with Gasteiger partial charge in [-0.3, -0.25) is 4.90 Å². The highest BCUT2D eigenvalue weighted by atomic mass is 127. The smallest absolute Gasteiger partial charge is 0.141 e. The van der Waals surface area contributed by atoms with Crippen molar-refractivity contribution < 1.29 is 4.39 Å². The summed E-state index contributed by atoms with van der Waals surface area (Å²) in [7, 11) is 4.38. The quantitative estimate of drug-likeness (QED) is 0.242. The Bertz CT molecular complexity index is 1140. The summed E-state index contributed by atoms with van der Waals surface area (Å²) in [6.07, 6.45) is 3.86. The number of alkyl halides is 1. The summed E-state index contributed by atoms with van der Waals surface area (Å²) in [5, 5.41) is 4.17. The van der Waals surface area contributed by atoms with Crippen LogP contribution in [0.3, 0.4) is 0 Å². The largest absolute Gasteiger partial charge is 0.398 e. The van der Waals surface area contributed by atoms with E-state index in [0.29, 0.717) is 21.9 Å². The van der Waals surface area contributed by atoms with Gasteiger partial charge in [0.2, 0.25) is 0 Å². The van der Waals surface area contributed by atoms with Crippen LogP contribution in [0.5, 0.6) is 0 Å². The van der Waals surface area contributed by atoms with Gasteiger partial charge in [0.05, 0.1) is 5.52 Å². The molecule has 8 heteroatoms. The Morgan fingerprint density at radius 2 is 1.94 bits per heavy atom. The first-order chi connectivity index (χ1) is 15.7. The monoisotopic (exact) mass is 562 g/mol. The molecular weight excluding hydrogens is 530 g/mol. The fraction of sp³-hybridized carbons (Fsp3) is 0.440. The lowest BCUT2D eigenvalue weighted by molar-refractivity contribution is 0.0594. The molecule has 33 heavy (non-hydrogen) atoms. The van der Waals surface area contributed by atoms with E-state index in [1.54, 1.807) is 12.4 Å². The van der Waals surface area contributed by atoms with Gasteiger partial charge in [-0.1, -0.05) is 22.6 Å². The number of piperidine rings is 1. The molecule has 0 radical (unpaired) electrons. The topological polar surface area (TPSA) is 70.3 Å². The summed E-state index contributed by atoms with van der Waals surface area (Å²) in [6, 6.07) is 9.57. The number of hydrogen-bond acceptors (Lipinski definition) is 6. The Morgan fingerprint density at radius 1 is 1.21 bits per heavy atom. The van der Waals surface area contributed by atoms with Crippen molar-refractivity contribution >= 4 is 50.7 Å². The van der Waals surface area contributed by atoms with E-state index < -0.39 is 0 Å². The van der Waals surface area contributed by atoms with Gasteiger partial charge in [0, 0.05) is 32.8 Å². The van der Waals surface area contributed by atoms with Crippen LogP contribution in [0.15, 0.2) is 36.7 Å². The van der Waals surface area contributed by atoms with E-state index >= 15 is 0 Å². The van der Waals surface area contributed by atoms with E-state index in [-0.39, 0.29) is 11.4 Å². The molecule has 0 aliphatic carbocycles. The molecule has 3 N–H and O–H groups in total. The van der Waals surface area contributed by atoms with Crippen molar-refractivity contribution in [3.63, 3.8) is 0 Å². The number of aromatic nitrogens is 2. The summed E-state index contributed by atoms with van der Waals surface area (Å²) < 4.78 is 14.5. The van der Waals surface area contributed by atoms with Crippen LogP contribution in [-0.2, 0) is 9.97 Å². The number of anilines is 3. The van der Waals surface area contributed by atoms with Crippen LogP contribution in [-0.4, -0.2) is 53.0 Å². The fourth-order valence-corrected chi connectivity index (χ4v) is 5.25. The number of benzene rings is 2. The summed E-state index contributed by atoms with van der Waals surface area (Å²) in [6.45, 7) is 6.69. The van der Waals surface area contributed by atoms with E-state index in [2.05, 4.69) is 81.7 Å². The molecule has 0 saturated carbocycles. The maximum Gasteiger partial charge on any atom is 0.141 e. The van der Waals surface area contributed by atoms with Crippen molar-refractivity contribution in [2.24, 2.45) is 0 Å². The highest BCUT2D eigenvalue weighted by Crippen LogP contribution is 2.37. The Kier molecular flexibility index (Phi) is 7.07. The predicted molar refractivity (Wildman–Crippen MR) is 143 cm³/mol. The molecule has 176 valence electrons. The van der Waals surface area contributed by atoms with Gasteiger partial charge in [-0.15, -0.1) is 0 Å². The Balaban J connectivity index is 1.66. The second kappa shape index (κ2) is 9.68. The van der Waals surface area contributed by atoms with E-state index in [9.17, 15) is 4.39 Å². The molecule has 0 amide bonds. The zero-order chi connectivity index (χ0) is 23.8. The molecule has 2 aromatic carbocycles. The molecule has 1 fully saturated rings. The first-order valence-electron chi connectivity index (χ1n) is 11.3. The van der Waals surface area contributed by atoms with Gasteiger partial charge in [0.25, 0.3) is 0 Å². The van der Waals surface area contributed by atoms with Crippen molar-refractivity contribution in [2.75, 3.05) is 38.2 Å². The SMILES string of the molecule is CN1CCC(N(C)C(C)(C)c2cc3ncnc(Nc4ccc(F)c(CI)c4)c3cc2N)CC1. The lowest BCUT2D eigenvalue weighted by Crippen LogP contribution is -2.49. The highest BCUT2D eigenvalue weighted by molar-refractivity contribution is 14.1. The number of rotatable bonds is 6. The third kappa shape index (κ3) is 4.93. The van der Waals surface area contributed by atoms with Crippen molar-refractivity contribution in [3.05, 3.63) is 53.6 Å². The minimum atomic E-state index is -0.246. The van der Waals surface area contributed by atoms with Gasteiger partial charge in [-0.2, -0.15) is 0 Å². The number of likely N-dealkylation sites (tertiary alicyclic amines) is 1. The van der Waals surface area contributed by atoms with Crippen LogP contribution < -0.4 is 11.1 Å². The summed E-state index contributed by atoms with van der Waals surface area (Å²) in [5.41, 5.74) is 10.4. The van der Waals surface area contributed by atoms with E-state index in [4.69, 9.17) is 5.73 Å². The van der Waals surface area contributed by atoms with Gasteiger partial charge >= 0.3 is 0 Å². The molecule has 0 atom stereocenters. The molecule has 0 unspecified atom stereocenters. The van der Waals surface area contributed by atoms with Crippen molar-refractivity contribution in [1.82, 2.24) is 19.8 Å². The van der Waals surface area contributed by atoms with Crippen LogP contribution in [0.2, 0.25) is 0 Å². The minimum absolute atomic E-state index is 0.202. The van der Waals surface area contributed by atoms with Gasteiger partial charge in [0.15, 0.2) is 0 Å². The number of halogens is 2. The zero-order valence-electron chi connectivity index (χ0n) is 19.7. The minimum Gasteiger partial charge on any atom is -0.398 e. The molecule has 4 rings (SSSR count). The van der Waals surface area contributed by atoms with Crippen LogP contribution in [0.4, 0.5) is 21.6 Å². The molecule has 0 spiro atoms. The molecule has 2 heterocycles. The zero-order valence-corrected chi connectivity index (χ0v) is 21.9. The molecule has 1 saturated heterocycles. The second-order valence-electron chi connectivity index (χ2n) is 9.45. The summed E-state index contributed by atoms with van der Waals surface area (Å²) >= 11 is 2.16. The van der Waals surface area contributed by atoms with Crippen molar-refractivity contribution in [2.45, 2.75) is 42.7 Å². The van der Waals surface area contributed by atoms with E-state index in [1.165, 1.54) is 6.07 Å². The number of fused-ring (bicyclic) bond motifs is 1. The van der Waals surface area contributed by atoms with Crippen LogP contribution in [0, 0.1) is 5.82 Å². The van der Waals surface area contributed by atoms with Crippen LogP contribution in [0.25, 0.3) is 10.9 Å². The molecule has 1 aliphatic heterocycles. The average molecular weight is 562 g/mol. The number of nitrogens with zero attached hydrogens (tertiary/aromatic N) is 4. The number of nitrogens with two attached hydrogens (primary N) is 1. The lowest BCUT2D eigenvalue weighted by atomic mass is 9.87. The van der Waals surface area contributed by atoms with E-state index in [0.717, 1.165) is 53.8 Å². The normalized spacial score (nSPS) is 16.0. The fourth-order valence-electron chi connectivity index (χ4n) is 4.67. The molecule has 1 aromatic heterocycles. The Labute approximate surface area is 208 Å². The number of hydrogen-bond donors (Lipinski definition) is 2. The standard InChI is InChI=1S/C25H32FIN6/c1-25(2,33(4)18-7-9-32(3)10-8-18)20-13-23-19(12-22(20)28)24(30-15-29-23)31-17-5-6-21(26)16(11-17)14-27/h5-6,11-13,15,18H,7-10,14,28H2,1-4H3,(H,29,30,31). The van der Waals surface area contributed by atoms with Crippen molar-refractivity contribution in [1.29, 1.82) is 0 Å². The van der Waals surface area contributed by atoms with E-state index in [1.807, 2.05) is 12.1 Å². The molecule has 0 bridgehead atoms. The van der Waals surface area contributed by atoms with Gasteiger partial charge in [-0.05, 0) is 95.3 Å². The first kappa shape index (κ1) is 24.1. The Morgan fingerprint density at radius 3 is 2.64 bits per heavy atom. The van der Waals surface area contributed by atoms with Gasteiger partial charge in [0.1, 0.15) is 18.0 Å². The highest BCUT2D eigenvalue weighted by Gasteiger charge is 2.34. The van der Waals surface area contributed by atoms with Gasteiger partial charge in [-0.25, -0.2) is 14.4 Å².